The third-order valence-corrected chi connectivity index (χ3v) is 4.05. The van der Waals surface area contributed by atoms with Gasteiger partial charge in [-0.15, -0.1) is 0 Å². The fourth-order valence-corrected chi connectivity index (χ4v) is 2.64. The van der Waals surface area contributed by atoms with E-state index in [1.807, 2.05) is 6.07 Å². The second kappa shape index (κ2) is 5.82. The summed E-state index contributed by atoms with van der Waals surface area (Å²) >= 11 is 0. The number of nitrogens with zero attached hydrogens (tertiary/aromatic N) is 1. The zero-order valence-electron chi connectivity index (χ0n) is 10.4. The molecule has 0 heterocycles. The third-order valence-electron chi connectivity index (χ3n) is 2.66. The first-order valence-corrected chi connectivity index (χ1v) is 7.24. The lowest BCUT2D eigenvalue weighted by Gasteiger charge is -2.07. The first kappa shape index (κ1) is 14.2. The van der Waals surface area contributed by atoms with Crippen molar-refractivity contribution in [2.24, 2.45) is 0 Å². The molecule has 0 aliphatic carbocycles. The molecule has 0 fully saturated rings. The molecule has 4 nitrogen and oxygen atoms in total. The van der Waals surface area contributed by atoms with Crippen molar-refractivity contribution < 1.29 is 12.8 Å². The van der Waals surface area contributed by atoms with Crippen molar-refractivity contribution in [2.45, 2.75) is 11.4 Å². The van der Waals surface area contributed by atoms with Crippen molar-refractivity contribution in [2.75, 3.05) is 0 Å². The van der Waals surface area contributed by atoms with Gasteiger partial charge in [-0.3, -0.25) is 0 Å². The molecule has 1 N–H and O–H groups in total. The topological polar surface area (TPSA) is 70.0 Å². The van der Waals surface area contributed by atoms with E-state index in [0.29, 0.717) is 11.1 Å². The molecule has 0 bridgehead atoms. The van der Waals surface area contributed by atoms with Crippen molar-refractivity contribution in [1.82, 2.24) is 4.72 Å². The summed E-state index contributed by atoms with van der Waals surface area (Å²) in [7, 11) is -3.75. The summed E-state index contributed by atoms with van der Waals surface area (Å²) in [6.07, 6.45) is 0. The summed E-state index contributed by atoms with van der Waals surface area (Å²) in [6, 6.07) is 13.3. The Kier molecular flexibility index (Phi) is 4.13. The largest absolute Gasteiger partial charge is 0.240 e. The molecule has 0 spiro atoms. The summed E-state index contributed by atoms with van der Waals surface area (Å²) in [6.45, 7) is 0.0740. The molecule has 0 amide bonds. The Balaban J connectivity index is 2.11. The van der Waals surface area contributed by atoms with Gasteiger partial charge in [0.15, 0.2) is 0 Å². The highest BCUT2D eigenvalue weighted by atomic mass is 32.2. The smallest absolute Gasteiger partial charge is 0.207 e. The highest BCUT2D eigenvalue weighted by molar-refractivity contribution is 7.89. The Morgan fingerprint density at radius 2 is 1.85 bits per heavy atom. The molecule has 0 unspecified atom stereocenters. The van der Waals surface area contributed by atoms with Crippen LogP contribution in [0, 0.1) is 17.1 Å². The van der Waals surface area contributed by atoms with Crippen LogP contribution in [-0.4, -0.2) is 8.42 Å². The fraction of sp³-hybridized carbons (Fsp3) is 0.0714. The number of benzene rings is 2. The minimum Gasteiger partial charge on any atom is -0.207 e. The Labute approximate surface area is 116 Å². The van der Waals surface area contributed by atoms with Crippen LogP contribution in [0.5, 0.6) is 0 Å². The quantitative estimate of drug-likeness (QED) is 0.938. The van der Waals surface area contributed by atoms with Crippen molar-refractivity contribution in [1.29, 1.82) is 5.26 Å². The minimum atomic E-state index is -3.75. The molecular weight excluding hydrogens is 279 g/mol. The number of rotatable bonds is 4. The van der Waals surface area contributed by atoms with Crippen LogP contribution in [-0.2, 0) is 16.6 Å². The highest BCUT2D eigenvalue weighted by Crippen LogP contribution is 2.11. The van der Waals surface area contributed by atoms with Gasteiger partial charge >= 0.3 is 0 Å². The zero-order valence-corrected chi connectivity index (χ0v) is 11.2. The standard InChI is InChI=1S/C14H11FN2O2S/c15-13-2-1-3-14(8-13)20(18,19)17-10-12-6-4-11(9-16)5-7-12/h1-8,17H,10H2. The van der Waals surface area contributed by atoms with Gasteiger partial charge < -0.3 is 0 Å². The van der Waals surface area contributed by atoms with E-state index in [0.717, 1.165) is 6.07 Å². The molecule has 2 aromatic carbocycles. The maximum Gasteiger partial charge on any atom is 0.240 e. The summed E-state index contributed by atoms with van der Waals surface area (Å²) in [4.78, 5) is -0.119. The molecule has 0 aromatic heterocycles. The lowest BCUT2D eigenvalue weighted by molar-refractivity contribution is 0.577. The van der Waals surface area contributed by atoms with Crippen LogP contribution < -0.4 is 4.72 Å². The van der Waals surface area contributed by atoms with Gasteiger partial charge in [0.1, 0.15) is 5.82 Å². The van der Waals surface area contributed by atoms with E-state index in [1.54, 1.807) is 24.3 Å². The van der Waals surface area contributed by atoms with Gasteiger partial charge in [-0.05, 0) is 35.9 Å². The van der Waals surface area contributed by atoms with Gasteiger partial charge in [-0.2, -0.15) is 5.26 Å². The third kappa shape index (κ3) is 3.41. The Bertz CT molecular complexity index is 749. The van der Waals surface area contributed by atoms with E-state index in [1.165, 1.54) is 18.2 Å². The van der Waals surface area contributed by atoms with E-state index in [9.17, 15) is 12.8 Å². The summed E-state index contributed by atoms with van der Waals surface area (Å²) in [5.74, 6) is -0.605. The fourth-order valence-electron chi connectivity index (χ4n) is 1.59. The summed E-state index contributed by atoms with van der Waals surface area (Å²) in [5.41, 5.74) is 1.21. The number of sulfonamides is 1. The number of nitrogens with one attached hydrogen (secondary N) is 1. The predicted octanol–water partition coefficient (Wildman–Crippen LogP) is 2.18. The van der Waals surface area contributed by atoms with Crippen LogP contribution >= 0.6 is 0 Å². The lowest BCUT2D eigenvalue weighted by Crippen LogP contribution is -2.23. The average Bonchev–Trinajstić information content (AvgIpc) is 2.46. The van der Waals surface area contributed by atoms with Gasteiger partial charge in [-0.1, -0.05) is 18.2 Å². The lowest BCUT2D eigenvalue weighted by atomic mass is 10.1. The van der Waals surface area contributed by atoms with Crippen molar-refractivity contribution >= 4 is 10.0 Å². The number of halogens is 1. The van der Waals surface area contributed by atoms with E-state index >= 15 is 0 Å². The Morgan fingerprint density at radius 3 is 2.45 bits per heavy atom. The summed E-state index contributed by atoms with van der Waals surface area (Å²) < 4.78 is 39.3. The molecule has 0 aliphatic heterocycles. The molecule has 0 atom stereocenters. The molecule has 2 rings (SSSR count). The predicted molar refractivity (Wildman–Crippen MR) is 71.6 cm³/mol. The van der Waals surface area contributed by atoms with Crippen LogP contribution in [0.15, 0.2) is 53.4 Å². The molecule has 2 aromatic rings. The molecule has 0 radical (unpaired) electrons. The first-order valence-electron chi connectivity index (χ1n) is 5.75. The molecule has 102 valence electrons. The van der Waals surface area contributed by atoms with Crippen LogP contribution in [0.25, 0.3) is 0 Å². The summed E-state index contributed by atoms with van der Waals surface area (Å²) in [5, 5.41) is 8.67. The zero-order chi connectivity index (χ0) is 14.6. The number of hydrogen-bond acceptors (Lipinski definition) is 3. The van der Waals surface area contributed by atoms with Crippen molar-refractivity contribution in [3.8, 4) is 6.07 Å². The molecule has 0 aliphatic rings. The van der Waals surface area contributed by atoms with E-state index in [-0.39, 0.29) is 11.4 Å². The highest BCUT2D eigenvalue weighted by Gasteiger charge is 2.14. The van der Waals surface area contributed by atoms with E-state index in [4.69, 9.17) is 5.26 Å². The Morgan fingerprint density at radius 1 is 1.15 bits per heavy atom. The maximum atomic E-state index is 13.0. The van der Waals surface area contributed by atoms with Crippen LogP contribution in [0.3, 0.4) is 0 Å². The molecule has 6 heteroatoms. The number of nitriles is 1. The molecule has 0 saturated heterocycles. The molecular formula is C14H11FN2O2S. The van der Waals surface area contributed by atoms with Crippen LogP contribution in [0.1, 0.15) is 11.1 Å². The van der Waals surface area contributed by atoms with E-state index in [2.05, 4.69) is 4.72 Å². The second-order valence-corrected chi connectivity index (χ2v) is 5.86. The van der Waals surface area contributed by atoms with Gasteiger partial charge in [0.05, 0.1) is 16.5 Å². The van der Waals surface area contributed by atoms with Gasteiger partial charge in [0, 0.05) is 6.54 Å². The molecule has 20 heavy (non-hydrogen) atoms. The van der Waals surface area contributed by atoms with Gasteiger partial charge in [0.25, 0.3) is 0 Å². The van der Waals surface area contributed by atoms with Crippen molar-refractivity contribution in [3.05, 3.63) is 65.5 Å². The average molecular weight is 290 g/mol. The SMILES string of the molecule is N#Cc1ccc(CNS(=O)(=O)c2cccc(F)c2)cc1. The maximum absolute atomic E-state index is 13.0. The minimum absolute atomic E-state index is 0.0740. The van der Waals surface area contributed by atoms with Crippen LogP contribution in [0.4, 0.5) is 4.39 Å². The molecule has 0 saturated carbocycles. The monoisotopic (exact) mass is 290 g/mol. The van der Waals surface area contributed by atoms with Crippen LogP contribution in [0.2, 0.25) is 0 Å². The normalized spacial score (nSPS) is 11.0. The van der Waals surface area contributed by atoms with Crippen molar-refractivity contribution in [3.63, 3.8) is 0 Å². The van der Waals surface area contributed by atoms with Gasteiger partial charge in [-0.25, -0.2) is 17.5 Å². The first-order chi connectivity index (χ1) is 9.51. The number of hydrogen-bond donors (Lipinski definition) is 1. The second-order valence-electron chi connectivity index (χ2n) is 4.09. The Hall–Kier alpha value is -2.23. The van der Waals surface area contributed by atoms with E-state index < -0.39 is 15.8 Å². The van der Waals surface area contributed by atoms with Gasteiger partial charge in [0.2, 0.25) is 10.0 Å².